The number of carbonyl (C=O) groups is 1. The first-order chi connectivity index (χ1) is 10.2. The van der Waals surface area contributed by atoms with Gasteiger partial charge in [-0.1, -0.05) is 32.0 Å². The first-order valence-electron chi connectivity index (χ1n) is 7.34. The molecule has 0 atom stereocenters. The Balaban J connectivity index is 0.00000176. The summed E-state index contributed by atoms with van der Waals surface area (Å²) in [4.78, 5) is 12.5. The third-order valence-electron chi connectivity index (χ3n) is 3.85. The second-order valence-corrected chi connectivity index (χ2v) is 5.65. The number of aromatic nitrogens is 2. The van der Waals surface area contributed by atoms with E-state index in [1.807, 2.05) is 24.3 Å². The smallest absolute Gasteiger partial charge is 0.276 e. The van der Waals surface area contributed by atoms with E-state index in [1.165, 1.54) is 0 Å². The van der Waals surface area contributed by atoms with Gasteiger partial charge < -0.3 is 10.6 Å². The van der Waals surface area contributed by atoms with Gasteiger partial charge in [-0.25, -0.2) is 0 Å². The zero-order chi connectivity index (χ0) is 14.8. The maximum atomic E-state index is 12.5. The minimum absolute atomic E-state index is 0. The number of rotatable bonds is 3. The number of H-pyrrole nitrogens is 1. The van der Waals surface area contributed by atoms with Gasteiger partial charge in [0.05, 0.1) is 0 Å². The van der Waals surface area contributed by atoms with E-state index in [2.05, 4.69) is 34.7 Å². The van der Waals surface area contributed by atoms with E-state index in [9.17, 15) is 4.79 Å². The molecular weight excluding hydrogens is 300 g/mol. The SMILES string of the molecule is CC(C)c1ccccc1NC(=O)c1n[nH]c2c1CNCC2.Cl. The molecule has 1 aliphatic heterocycles. The van der Waals surface area contributed by atoms with Crippen LogP contribution in [0.25, 0.3) is 0 Å². The highest BCUT2D eigenvalue weighted by Crippen LogP contribution is 2.25. The van der Waals surface area contributed by atoms with Crippen LogP contribution in [0.5, 0.6) is 0 Å². The second-order valence-electron chi connectivity index (χ2n) is 5.65. The highest BCUT2D eigenvalue weighted by Gasteiger charge is 2.22. The van der Waals surface area contributed by atoms with Crippen molar-refractivity contribution in [3.8, 4) is 0 Å². The van der Waals surface area contributed by atoms with Crippen LogP contribution in [0.15, 0.2) is 24.3 Å². The predicted molar refractivity (Wildman–Crippen MR) is 89.7 cm³/mol. The van der Waals surface area contributed by atoms with Crippen molar-refractivity contribution >= 4 is 24.0 Å². The third-order valence-corrected chi connectivity index (χ3v) is 3.85. The van der Waals surface area contributed by atoms with Crippen molar-refractivity contribution in [3.05, 3.63) is 46.8 Å². The van der Waals surface area contributed by atoms with Crippen molar-refractivity contribution in [2.24, 2.45) is 0 Å². The highest BCUT2D eigenvalue weighted by atomic mass is 35.5. The molecule has 118 valence electrons. The van der Waals surface area contributed by atoms with E-state index in [0.29, 0.717) is 18.2 Å². The number of nitrogens with one attached hydrogen (secondary N) is 3. The van der Waals surface area contributed by atoms with Gasteiger partial charge in [-0.05, 0) is 17.5 Å². The molecule has 0 fully saturated rings. The number of amides is 1. The number of hydrogen-bond donors (Lipinski definition) is 3. The fourth-order valence-corrected chi connectivity index (χ4v) is 2.71. The molecule has 1 amide bonds. The van der Waals surface area contributed by atoms with Gasteiger partial charge >= 0.3 is 0 Å². The van der Waals surface area contributed by atoms with Gasteiger partial charge in [-0.2, -0.15) is 5.10 Å². The molecule has 2 aromatic rings. The van der Waals surface area contributed by atoms with Gasteiger partial charge in [0.2, 0.25) is 0 Å². The van der Waals surface area contributed by atoms with E-state index in [4.69, 9.17) is 0 Å². The first-order valence-corrected chi connectivity index (χ1v) is 7.34. The molecule has 1 aromatic carbocycles. The van der Waals surface area contributed by atoms with Crippen LogP contribution in [0, 0.1) is 0 Å². The Kier molecular flexibility index (Phi) is 5.21. The van der Waals surface area contributed by atoms with Crippen LogP contribution in [0.3, 0.4) is 0 Å². The first kappa shape index (κ1) is 16.5. The Morgan fingerprint density at radius 3 is 2.86 bits per heavy atom. The van der Waals surface area contributed by atoms with Crippen LogP contribution in [-0.4, -0.2) is 22.6 Å². The lowest BCUT2D eigenvalue weighted by Crippen LogP contribution is -2.25. The molecule has 1 aliphatic rings. The summed E-state index contributed by atoms with van der Waals surface area (Å²) in [5.74, 6) is 0.209. The number of nitrogens with zero attached hydrogens (tertiary/aromatic N) is 1. The molecule has 0 unspecified atom stereocenters. The maximum absolute atomic E-state index is 12.5. The number of anilines is 1. The van der Waals surface area contributed by atoms with Gasteiger partial charge in [-0.15, -0.1) is 12.4 Å². The average Bonchev–Trinajstić information content (AvgIpc) is 2.91. The largest absolute Gasteiger partial charge is 0.320 e. The summed E-state index contributed by atoms with van der Waals surface area (Å²) in [7, 11) is 0. The molecule has 0 bridgehead atoms. The topological polar surface area (TPSA) is 69.8 Å². The lowest BCUT2D eigenvalue weighted by molar-refractivity contribution is 0.102. The van der Waals surface area contributed by atoms with Crippen molar-refractivity contribution in [1.29, 1.82) is 0 Å². The quantitative estimate of drug-likeness (QED) is 0.814. The van der Waals surface area contributed by atoms with Gasteiger partial charge in [0.25, 0.3) is 5.91 Å². The summed E-state index contributed by atoms with van der Waals surface area (Å²) >= 11 is 0. The summed E-state index contributed by atoms with van der Waals surface area (Å²) in [6.07, 6.45) is 0.887. The van der Waals surface area contributed by atoms with Crippen LogP contribution in [-0.2, 0) is 13.0 Å². The molecule has 0 saturated heterocycles. The molecule has 6 heteroatoms. The van der Waals surface area contributed by atoms with Crippen molar-refractivity contribution in [2.75, 3.05) is 11.9 Å². The number of carbonyl (C=O) groups excluding carboxylic acids is 1. The molecular formula is C16H21ClN4O. The summed E-state index contributed by atoms with van der Waals surface area (Å²) < 4.78 is 0. The predicted octanol–water partition coefficient (Wildman–Crippen LogP) is 2.85. The molecule has 0 spiro atoms. The van der Waals surface area contributed by atoms with Crippen molar-refractivity contribution in [1.82, 2.24) is 15.5 Å². The summed E-state index contributed by atoms with van der Waals surface area (Å²) in [6, 6.07) is 7.90. The van der Waals surface area contributed by atoms with Gasteiger partial charge in [0.1, 0.15) is 0 Å². The summed E-state index contributed by atoms with van der Waals surface area (Å²) in [5.41, 5.74) is 4.54. The molecule has 1 aromatic heterocycles. The van der Waals surface area contributed by atoms with Crippen molar-refractivity contribution in [2.45, 2.75) is 32.7 Å². The van der Waals surface area contributed by atoms with Crippen LogP contribution >= 0.6 is 12.4 Å². The maximum Gasteiger partial charge on any atom is 0.276 e. The molecule has 5 nitrogen and oxygen atoms in total. The van der Waals surface area contributed by atoms with Gasteiger partial charge in [0, 0.05) is 36.5 Å². The lowest BCUT2D eigenvalue weighted by atomic mass is 10.0. The van der Waals surface area contributed by atoms with Crippen LogP contribution < -0.4 is 10.6 Å². The lowest BCUT2D eigenvalue weighted by Gasteiger charge is -2.15. The summed E-state index contributed by atoms with van der Waals surface area (Å²) in [6.45, 7) is 5.85. The zero-order valence-corrected chi connectivity index (χ0v) is 13.6. The molecule has 3 rings (SSSR count). The standard InChI is InChI=1S/C16H20N4O.ClH/c1-10(2)11-5-3-4-6-13(11)18-16(21)15-12-9-17-8-7-14(12)19-20-15;/h3-6,10,17H,7-9H2,1-2H3,(H,18,21)(H,19,20);1H. The van der Waals surface area contributed by atoms with E-state index >= 15 is 0 Å². The third kappa shape index (κ3) is 3.15. The molecule has 2 heterocycles. The van der Waals surface area contributed by atoms with Crippen LogP contribution in [0.4, 0.5) is 5.69 Å². The Hall–Kier alpha value is -1.85. The minimum atomic E-state index is -0.149. The van der Waals surface area contributed by atoms with Crippen molar-refractivity contribution in [3.63, 3.8) is 0 Å². The Labute approximate surface area is 136 Å². The monoisotopic (exact) mass is 320 g/mol. The number of benzene rings is 1. The molecule has 22 heavy (non-hydrogen) atoms. The summed E-state index contributed by atoms with van der Waals surface area (Å²) in [5, 5.41) is 13.4. The van der Waals surface area contributed by atoms with E-state index in [-0.39, 0.29) is 18.3 Å². The molecule has 0 saturated carbocycles. The number of halogens is 1. The number of aromatic amines is 1. The highest BCUT2D eigenvalue weighted by molar-refractivity contribution is 6.04. The Morgan fingerprint density at radius 2 is 2.09 bits per heavy atom. The van der Waals surface area contributed by atoms with Crippen LogP contribution in [0.1, 0.15) is 47.1 Å². The van der Waals surface area contributed by atoms with Crippen molar-refractivity contribution < 1.29 is 4.79 Å². The second kappa shape index (κ2) is 6.94. The number of para-hydroxylation sites is 1. The fourth-order valence-electron chi connectivity index (χ4n) is 2.71. The normalized spacial score (nSPS) is 13.4. The Bertz CT molecular complexity index is 666. The number of hydrogen-bond acceptors (Lipinski definition) is 3. The fraction of sp³-hybridized carbons (Fsp3) is 0.375. The van der Waals surface area contributed by atoms with Gasteiger partial charge in [0.15, 0.2) is 5.69 Å². The van der Waals surface area contributed by atoms with E-state index in [0.717, 1.165) is 35.5 Å². The Morgan fingerprint density at radius 1 is 1.32 bits per heavy atom. The minimum Gasteiger partial charge on any atom is -0.320 e. The average molecular weight is 321 g/mol. The molecule has 3 N–H and O–H groups in total. The van der Waals surface area contributed by atoms with E-state index < -0.39 is 0 Å². The zero-order valence-electron chi connectivity index (χ0n) is 12.8. The molecule has 0 radical (unpaired) electrons. The van der Waals surface area contributed by atoms with Gasteiger partial charge in [-0.3, -0.25) is 9.89 Å². The van der Waals surface area contributed by atoms with E-state index in [1.54, 1.807) is 0 Å². The number of fused-ring (bicyclic) bond motifs is 1. The van der Waals surface area contributed by atoms with Crippen LogP contribution in [0.2, 0.25) is 0 Å². The molecule has 0 aliphatic carbocycles.